The van der Waals surface area contributed by atoms with Gasteiger partial charge in [-0.2, -0.15) is 0 Å². The fourth-order valence-electron chi connectivity index (χ4n) is 2.73. The summed E-state index contributed by atoms with van der Waals surface area (Å²) < 4.78 is 6.90. The summed E-state index contributed by atoms with van der Waals surface area (Å²) in [6, 6.07) is 7.49. The lowest BCUT2D eigenvalue weighted by Gasteiger charge is -2.35. The van der Waals surface area contributed by atoms with Crippen molar-refractivity contribution in [2.24, 2.45) is 0 Å². The van der Waals surface area contributed by atoms with Crippen LogP contribution in [0.3, 0.4) is 0 Å². The molecule has 1 saturated heterocycles. The molecule has 2 aromatic rings. The first-order valence-corrected chi connectivity index (χ1v) is 7.08. The quantitative estimate of drug-likeness (QED) is 0.921. The number of likely N-dealkylation sites (tertiary alicyclic amines) is 1. The van der Waals surface area contributed by atoms with Gasteiger partial charge in [0.2, 0.25) is 0 Å². The number of rotatable bonds is 3. The molecule has 1 N–H and O–H groups in total. The van der Waals surface area contributed by atoms with E-state index in [1.54, 1.807) is 4.57 Å². The van der Waals surface area contributed by atoms with E-state index in [2.05, 4.69) is 4.90 Å². The smallest absolute Gasteiger partial charge is 0.408 e. The molecule has 0 aliphatic carbocycles. The third kappa shape index (κ3) is 2.64. The Bertz CT molecular complexity index is 646. The molecule has 5 nitrogen and oxygen atoms in total. The second-order valence-electron chi connectivity index (χ2n) is 5.83. The number of fused-ring (bicyclic) bond motifs is 1. The minimum atomic E-state index is -0.532. The summed E-state index contributed by atoms with van der Waals surface area (Å²) in [6.07, 6.45) is 1.57. The number of piperidine rings is 1. The Labute approximate surface area is 117 Å². The summed E-state index contributed by atoms with van der Waals surface area (Å²) in [7, 11) is 0. The normalized spacial score (nSPS) is 19.5. The number of nitrogens with zero attached hydrogens (tertiary/aromatic N) is 2. The average Bonchev–Trinajstić information content (AvgIpc) is 2.73. The fourth-order valence-corrected chi connectivity index (χ4v) is 2.73. The van der Waals surface area contributed by atoms with E-state index in [4.69, 9.17) is 4.42 Å². The molecule has 1 fully saturated rings. The van der Waals surface area contributed by atoms with Crippen LogP contribution in [0.2, 0.25) is 0 Å². The highest BCUT2D eigenvalue weighted by molar-refractivity contribution is 5.72. The van der Waals surface area contributed by atoms with Gasteiger partial charge in [0.05, 0.1) is 11.1 Å². The number of hydrogen-bond acceptors (Lipinski definition) is 4. The molecular weight excluding hydrogens is 256 g/mol. The Balaban J connectivity index is 1.69. The van der Waals surface area contributed by atoms with Crippen molar-refractivity contribution in [3.05, 3.63) is 34.8 Å². The number of aromatic nitrogens is 1. The van der Waals surface area contributed by atoms with Crippen LogP contribution < -0.4 is 5.76 Å². The molecule has 1 aliphatic heterocycles. The van der Waals surface area contributed by atoms with Gasteiger partial charge < -0.3 is 14.4 Å². The van der Waals surface area contributed by atoms with Crippen molar-refractivity contribution >= 4 is 11.1 Å². The van der Waals surface area contributed by atoms with Crippen LogP contribution in [0, 0.1) is 0 Å². The highest BCUT2D eigenvalue weighted by Gasteiger charge is 2.27. The van der Waals surface area contributed by atoms with E-state index in [9.17, 15) is 9.90 Å². The van der Waals surface area contributed by atoms with Gasteiger partial charge in [0.25, 0.3) is 0 Å². The Morgan fingerprint density at radius 1 is 1.25 bits per heavy atom. The summed E-state index contributed by atoms with van der Waals surface area (Å²) in [5.74, 6) is -0.296. The van der Waals surface area contributed by atoms with Gasteiger partial charge >= 0.3 is 5.76 Å². The van der Waals surface area contributed by atoms with Gasteiger partial charge in [-0.1, -0.05) is 12.1 Å². The van der Waals surface area contributed by atoms with Gasteiger partial charge in [-0.05, 0) is 31.9 Å². The molecule has 0 bridgehead atoms. The van der Waals surface area contributed by atoms with Crippen molar-refractivity contribution in [2.45, 2.75) is 31.9 Å². The summed E-state index contributed by atoms with van der Waals surface area (Å²) >= 11 is 0. The van der Waals surface area contributed by atoms with Crippen molar-refractivity contribution in [3.8, 4) is 0 Å². The SMILES string of the molecule is CC1(O)CCN(CCn2c(=O)oc3ccccc32)CC1. The second kappa shape index (κ2) is 5.07. The van der Waals surface area contributed by atoms with Crippen LogP contribution in [0.25, 0.3) is 11.1 Å². The van der Waals surface area contributed by atoms with Crippen molar-refractivity contribution in [1.82, 2.24) is 9.47 Å². The minimum Gasteiger partial charge on any atom is -0.408 e. The van der Waals surface area contributed by atoms with Crippen LogP contribution in [-0.4, -0.2) is 39.8 Å². The van der Waals surface area contributed by atoms with Gasteiger partial charge in [0.15, 0.2) is 5.58 Å². The maximum Gasteiger partial charge on any atom is 0.419 e. The van der Waals surface area contributed by atoms with Crippen LogP contribution >= 0.6 is 0 Å². The van der Waals surface area contributed by atoms with E-state index in [0.29, 0.717) is 12.1 Å². The number of aliphatic hydroxyl groups is 1. The molecule has 20 heavy (non-hydrogen) atoms. The van der Waals surface area contributed by atoms with Crippen LogP contribution in [0.4, 0.5) is 0 Å². The molecule has 0 amide bonds. The lowest BCUT2D eigenvalue weighted by Crippen LogP contribution is -2.43. The first kappa shape index (κ1) is 13.4. The Hall–Kier alpha value is -1.59. The van der Waals surface area contributed by atoms with Crippen LogP contribution in [0.15, 0.2) is 33.5 Å². The zero-order chi connectivity index (χ0) is 14.2. The fraction of sp³-hybridized carbons (Fsp3) is 0.533. The Morgan fingerprint density at radius 2 is 1.95 bits per heavy atom. The van der Waals surface area contributed by atoms with Gasteiger partial charge in [-0.15, -0.1) is 0 Å². The number of oxazole rings is 1. The molecule has 0 unspecified atom stereocenters. The Morgan fingerprint density at radius 3 is 2.70 bits per heavy atom. The van der Waals surface area contributed by atoms with Crippen LogP contribution in [0.1, 0.15) is 19.8 Å². The lowest BCUT2D eigenvalue weighted by atomic mass is 9.94. The monoisotopic (exact) mass is 276 g/mol. The van der Waals surface area contributed by atoms with E-state index in [1.165, 1.54) is 0 Å². The average molecular weight is 276 g/mol. The summed E-state index contributed by atoms with van der Waals surface area (Å²) in [5, 5.41) is 9.93. The molecule has 0 atom stereocenters. The first-order valence-electron chi connectivity index (χ1n) is 7.08. The number of para-hydroxylation sites is 2. The van der Waals surface area contributed by atoms with E-state index >= 15 is 0 Å². The molecule has 1 aliphatic rings. The van der Waals surface area contributed by atoms with Gasteiger partial charge in [0.1, 0.15) is 0 Å². The third-order valence-corrected chi connectivity index (χ3v) is 4.15. The van der Waals surface area contributed by atoms with Gasteiger partial charge in [-0.25, -0.2) is 4.79 Å². The van der Waals surface area contributed by atoms with Gasteiger partial charge in [-0.3, -0.25) is 4.57 Å². The molecule has 5 heteroatoms. The first-order chi connectivity index (χ1) is 9.55. The highest BCUT2D eigenvalue weighted by Crippen LogP contribution is 2.21. The molecule has 1 aromatic carbocycles. The Kier molecular flexibility index (Phi) is 3.40. The van der Waals surface area contributed by atoms with Crippen molar-refractivity contribution < 1.29 is 9.52 Å². The number of benzene rings is 1. The van der Waals surface area contributed by atoms with E-state index in [-0.39, 0.29) is 5.76 Å². The molecular formula is C15H20N2O3. The predicted octanol–water partition coefficient (Wildman–Crippen LogP) is 1.44. The molecule has 2 heterocycles. The van der Waals surface area contributed by atoms with E-state index < -0.39 is 5.60 Å². The maximum absolute atomic E-state index is 11.9. The zero-order valence-electron chi connectivity index (χ0n) is 11.7. The summed E-state index contributed by atoms with van der Waals surface area (Å²) in [4.78, 5) is 14.1. The molecule has 0 radical (unpaired) electrons. The third-order valence-electron chi connectivity index (χ3n) is 4.15. The van der Waals surface area contributed by atoms with E-state index in [1.807, 2.05) is 31.2 Å². The topological polar surface area (TPSA) is 58.6 Å². The number of hydrogen-bond donors (Lipinski definition) is 1. The lowest BCUT2D eigenvalue weighted by molar-refractivity contribution is -0.00594. The van der Waals surface area contributed by atoms with Crippen molar-refractivity contribution in [1.29, 1.82) is 0 Å². The second-order valence-corrected chi connectivity index (χ2v) is 5.83. The zero-order valence-corrected chi connectivity index (χ0v) is 11.7. The standard InChI is InChI=1S/C15H20N2O3/c1-15(19)6-8-16(9-7-15)10-11-17-12-4-2-3-5-13(12)20-14(17)18/h2-5,19H,6-11H2,1H3. The highest BCUT2D eigenvalue weighted by atomic mass is 16.4. The molecule has 3 rings (SSSR count). The van der Waals surface area contributed by atoms with Crippen LogP contribution in [0.5, 0.6) is 0 Å². The van der Waals surface area contributed by atoms with Crippen molar-refractivity contribution in [2.75, 3.05) is 19.6 Å². The molecule has 1 aromatic heterocycles. The van der Waals surface area contributed by atoms with Gasteiger partial charge in [0, 0.05) is 26.2 Å². The summed E-state index contributed by atoms with van der Waals surface area (Å²) in [5.41, 5.74) is 0.955. The minimum absolute atomic E-state index is 0.296. The maximum atomic E-state index is 11.9. The summed E-state index contributed by atoms with van der Waals surface area (Å²) in [6.45, 7) is 5.06. The van der Waals surface area contributed by atoms with Crippen molar-refractivity contribution in [3.63, 3.8) is 0 Å². The van der Waals surface area contributed by atoms with E-state index in [0.717, 1.165) is 38.0 Å². The predicted molar refractivity (Wildman–Crippen MR) is 76.8 cm³/mol. The largest absolute Gasteiger partial charge is 0.419 e. The molecule has 0 saturated carbocycles. The molecule has 0 spiro atoms. The van der Waals surface area contributed by atoms with Crippen LogP contribution in [-0.2, 0) is 6.54 Å². The molecule has 108 valence electrons.